The number of rotatable bonds is 5. The van der Waals surface area contributed by atoms with E-state index < -0.39 is 23.6 Å². The number of carbonyl (C=O) groups is 2. The van der Waals surface area contributed by atoms with Crippen molar-refractivity contribution in [2.45, 2.75) is 19.6 Å². The van der Waals surface area contributed by atoms with Gasteiger partial charge in [0.1, 0.15) is 0 Å². The van der Waals surface area contributed by atoms with E-state index in [4.69, 9.17) is 10.8 Å². The predicted molar refractivity (Wildman–Crippen MR) is 153 cm³/mol. The van der Waals surface area contributed by atoms with Gasteiger partial charge < -0.3 is 16.2 Å². The Bertz CT molecular complexity index is 1680. The van der Waals surface area contributed by atoms with E-state index in [1.807, 2.05) is 31.2 Å². The summed E-state index contributed by atoms with van der Waals surface area (Å²) in [6, 6.07) is 25.6. The van der Waals surface area contributed by atoms with E-state index >= 15 is 0 Å². The molecule has 1 heterocycles. The van der Waals surface area contributed by atoms with Crippen LogP contribution in [0.15, 0.2) is 103 Å². The van der Waals surface area contributed by atoms with Crippen molar-refractivity contribution >= 4 is 28.5 Å². The van der Waals surface area contributed by atoms with Gasteiger partial charge in [0, 0.05) is 22.8 Å². The van der Waals surface area contributed by atoms with E-state index in [-0.39, 0.29) is 5.56 Å². The first kappa shape index (κ1) is 29.0. The lowest BCUT2D eigenvalue weighted by molar-refractivity contribution is -0.137. The van der Waals surface area contributed by atoms with Crippen molar-refractivity contribution in [3.8, 4) is 11.1 Å². The molecule has 1 amide bonds. The van der Waals surface area contributed by atoms with Crippen LogP contribution in [0.2, 0.25) is 0 Å². The zero-order valence-electron chi connectivity index (χ0n) is 21.9. The van der Waals surface area contributed by atoms with Crippen LogP contribution in [-0.4, -0.2) is 22.0 Å². The highest BCUT2D eigenvalue weighted by molar-refractivity contribution is 6.09. The molecular formula is C32H25F3N3O3-. The molecule has 208 valence electrons. The number of amides is 1. The molecule has 0 atom stereocenters. The van der Waals surface area contributed by atoms with E-state index in [2.05, 4.69) is 10.3 Å². The SMILES string of the molecule is Cc1ccc(C[NH-])cc1.O=C(O)c1cnc2cc(NC(=O)c3ccccc3-c3ccc(C(F)(F)F)cc3)ccc2c1. The molecule has 0 spiro atoms. The number of alkyl halides is 3. The summed E-state index contributed by atoms with van der Waals surface area (Å²) >= 11 is 0. The first-order chi connectivity index (χ1) is 19.5. The molecule has 4 aromatic carbocycles. The van der Waals surface area contributed by atoms with Crippen LogP contribution in [0.5, 0.6) is 0 Å². The van der Waals surface area contributed by atoms with Crippen LogP contribution in [0.3, 0.4) is 0 Å². The van der Waals surface area contributed by atoms with E-state index in [9.17, 15) is 22.8 Å². The lowest BCUT2D eigenvalue weighted by Crippen LogP contribution is -2.13. The summed E-state index contributed by atoms with van der Waals surface area (Å²) in [4.78, 5) is 28.1. The molecule has 0 aliphatic rings. The second kappa shape index (κ2) is 12.4. The minimum Gasteiger partial charge on any atom is -0.674 e. The Morgan fingerprint density at radius 1 is 0.902 bits per heavy atom. The van der Waals surface area contributed by atoms with Gasteiger partial charge in [-0.3, -0.25) is 9.78 Å². The van der Waals surface area contributed by atoms with Crippen molar-refractivity contribution < 1.29 is 27.9 Å². The highest BCUT2D eigenvalue weighted by Crippen LogP contribution is 2.32. The third-order valence-electron chi connectivity index (χ3n) is 6.21. The summed E-state index contributed by atoms with van der Waals surface area (Å²) in [5, 5.41) is 12.4. The maximum absolute atomic E-state index is 12.9. The van der Waals surface area contributed by atoms with E-state index in [0.29, 0.717) is 39.8 Å². The number of aryl methyl sites for hydroxylation is 1. The van der Waals surface area contributed by atoms with Crippen molar-refractivity contribution in [2.24, 2.45) is 0 Å². The van der Waals surface area contributed by atoms with E-state index in [1.54, 1.807) is 42.5 Å². The molecule has 0 aliphatic carbocycles. The zero-order chi connectivity index (χ0) is 29.6. The van der Waals surface area contributed by atoms with Crippen LogP contribution in [0.4, 0.5) is 18.9 Å². The Balaban J connectivity index is 0.000000367. The van der Waals surface area contributed by atoms with Gasteiger partial charge >= 0.3 is 12.1 Å². The first-order valence-electron chi connectivity index (χ1n) is 12.5. The number of carbonyl (C=O) groups excluding carboxylic acids is 1. The number of anilines is 1. The Labute approximate surface area is 234 Å². The molecular weight excluding hydrogens is 531 g/mol. The number of pyridine rings is 1. The maximum atomic E-state index is 12.9. The number of carboxylic acid groups (broad SMARTS) is 1. The Morgan fingerprint density at radius 3 is 2.22 bits per heavy atom. The normalized spacial score (nSPS) is 11.0. The molecule has 0 unspecified atom stereocenters. The van der Waals surface area contributed by atoms with Gasteiger partial charge in [-0.05, 0) is 54.4 Å². The van der Waals surface area contributed by atoms with Crippen LogP contribution < -0.4 is 5.32 Å². The molecule has 0 fully saturated rings. The second-order valence-electron chi connectivity index (χ2n) is 9.17. The van der Waals surface area contributed by atoms with Crippen LogP contribution >= 0.6 is 0 Å². The van der Waals surface area contributed by atoms with Gasteiger partial charge in [0.25, 0.3) is 5.91 Å². The highest BCUT2D eigenvalue weighted by atomic mass is 19.4. The lowest BCUT2D eigenvalue weighted by atomic mass is 9.98. The summed E-state index contributed by atoms with van der Waals surface area (Å²) in [6.45, 7) is 2.44. The number of hydrogen-bond acceptors (Lipinski definition) is 3. The molecule has 0 bridgehead atoms. The molecule has 1 aromatic heterocycles. The van der Waals surface area contributed by atoms with Crippen LogP contribution in [0.25, 0.3) is 27.8 Å². The molecule has 0 saturated carbocycles. The first-order valence-corrected chi connectivity index (χ1v) is 12.5. The number of fused-ring (bicyclic) bond motifs is 1. The average molecular weight is 557 g/mol. The second-order valence-corrected chi connectivity index (χ2v) is 9.17. The fourth-order valence-corrected chi connectivity index (χ4v) is 3.99. The Hall–Kier alpha value is -5.02. The van der Waals surface area contributed by atoms with Gasteiger partial charge in [0.05, 0.1) is 16.6 Å². The van der Waals surface area contributed by atoms with Crippen molar-refractivity contribution in [3.05, 3.63) is 137 Å². The number of aromatic carboxylic acids is 1. The zero-order valence-corrected chi connectivity index (χ0v) is 21.9. The number of nitrogens with one attached hydrogen (secondary N) is 2. The Morgan fingerprint density at radius 2 is 1.59 bits per heavy atom. The maximum Gasteiger partial charge on any atom is 0.416 e. The summed E-state index contributed by atoms with van der Waals surface area (Å²) in [5.74, 6) is -1.53. The molecule has 0 radical (unpaired) electrons. The minimum atomic E-state index is -4.44. The standard InChI is InChI=1S/C24H15F3N2O3.C8H10N/c25-24(26,27)17-8-5-14(6-9-17)19-3-1-2-4-20(19)22(30)29-18-10-7-15-11-16(23(31)32)13-28-21(15)12-18;1-7-2-4-8(6-9)5-3-7/h1-13H,(H,29,30)(H,31,32);2-5,9H,6H2,1H3/q;-1. The predicted octanol–water partition coefficient (Wildman–Crippen LogP) is 8.42. The van der Waals surface area contributed by atoms with E-state index in [0.717, 1.165) is 17.7 Å². The molecule has 0 aliphatic heterocycles. The number of aromatic nitrogens is 1. The van der Waals surface area contributed by atoms with Gasteiger partial charge in [-0.15, -0.1) is 6.54 Å². The number of halogens is 3. The number of benzene rings is 4. The van der Waals surface area contributed by atoms with Crippen molar-refractivity contribution in [1.82, 2.24) is 4.98 Å². The van der Waals surface area contributed by atoms with Gasteiger partial charge in [-0.25, -0.2) is 4.79 Å². The summed E-state index contributed by atoms with van der Waals surface area (Å²) in [7, 11) is 0. The Kier molecular flexibility index (Phi) is 8.79. The fraction of sp³-hybridized carbons (Fsp3) is 0.0938. The third kappa shape index (κ3) is 7.34. The summed E-state index contributed by atoms with van der Waals surface area (Å²) in [6.07, 6.45) is -3.21. The lowest BCUT2D eigenvalue weighted by Gasteiger charge is -2.12. The minimum absolute atomic E-state index is 0.0553. The fourth-order valence-electron chi connectivity index (χ4n) is 3.99. The summed E-state index contributed by atoms with van der Waals surface area (Å²) < 4.78 is 38.5. The molecule has 0 saturated heterocycles. The third-order valence-corrected chi connectivity index (χ3v) is 6.21. The van der Waals surface area contributed by atoms with E-state index in [1.165, 1.54) is 30.0 Å². The molecule has 41 heavy (non-hydrogen) atoms. The van der Waals surface area contributed by atoms with Crippen LogP contribution in [0, 0.1) is 6.92 Å². The number of carboxylic acids is 1. The van der Waals surface area contributed by atoms with Gasteiger partial charge in [0.2, 0.25) is 0 Å². The van der Waals surface area contributed by atoms with Crippen molar-refractivity contribution in [2.75, 3.05) is 5.32 Å². The molecule has 6 nitrogen and oxygen atoms in total. The quantitative estimate of drug-likeness (QED) is 0.227. The van der Waals surface area contributed by atoms with Gasteiger partial charge in [-0.1, -0.05) is 71.8 Å². The van der Waals surface area contributed by atoms with Crippen LogP contribution in [-0.2, 0) is 12.7 Å². The topological polar surface area (TPSA) is 103 Å². The van der Waals surface area contributed by atoms with Gasteiger partial charge in [0.15, 0.2) is 0 Å². The van der Waals surface area contributed by atoms with Crippen molar-refractivity contribution in [1.29, 1.82) is 0 Å². The summed E-state index contributed by atoms with van der Waals surface area (Å²) in [5.41, 5.74) is 10.9. The number of hydrogen-bond donors (Lipinski definition) is 2. The molecule has 9 heteroatoms. The smallest absolute Gasteiger partial charge is 0.416 e. The number of nitrogens with zero attached hydrogens (tertiary/aromatic N) is 1. The molecule has 3 N–H and O–H groups in total. The van der Waals surface area contributed by atoms with Gasteiger partial charge in [-0.2, -0.15) is 13.2 Å². The average Bonchev–Trinajstić information content (AvgIpc) is 2.97. The monoisotopic (exact) mass is 556 g/mol. The molecule has 5 rings (SSSR count). The van der Waals surface area contributed by atoms with Crippen LogP contribution in [0.1, 0.15) is 37.4 Å². The highest BCUT2D eigenvalue weighted by Gasteiger charge is 2.30. The molecule has 5 aromatic rings. The largest absolute Gasteiger partial charge is 0.674 e. The van der Waals surface area contributed by atoms with Crippen molar-refractivity contribution in [3.63, 3.8) is 0 Å².